The molecule has 0 heteroatoms. The van der Waals surface area contributed by atoms with Crippen molar-refractivity contribution in [3.05, 3.63) is 59.7 Å². The van der Waals surface area contributed by atoms with E-state index < -0.39 is 0 Å². The normalized spacial score (nSPS) is 11.9. The van der Waals surface area contributed by atoms with Gasteiger partial charge in [-0.15, -0.1) is 6.58 Å². The number of hydrogen-bond donors (Lipinski definition) is 0. The molecule has 0 saturated carbocycles. The highest BCUT2D eigenvalue weighted by Gasteiger charge is 2.06. The van der Waals surface area contributed by atoms with Crippen molar-refractivity contribution >= 4 is 0 Å². The zero-order chi connectivity index (χ0) is 12.0. The molecule has 0 fully saturated rings. The van der Waals surface area contributed by atoms with Crippen molar-refractivity contribution in [2.24, 2.45) is 5.92 Å². The number of rotatable bonds is 5. The number of allylic oxidation sites excluding steroid dienone is 3. The molecule has 1 atom stereocenters. The van der Waals surface area contributed by atoms with Crippen LogP contribution in [-0.4, -0.2) is 0 Å². The van der Waals surface area contributed by atoms with Gasteiger partial charge in [0.1, 0.15) is 0 Å². The molecular formula is C16H22. The molecule has 0 N–H and O–H groups in total. The van der Waals surface area contributed by atoms with Crippen LogP contribution in [0.5, 0.6) is 0 Å². The molecule has 0 spiro atoms. The molecule has 0 radical (unpaired) electrons. The van der Waals surface area contributed by atoms with Gasteiger partial charge in [0.2, 0.25) is 0 Å². The Labute approximate surface area is 99.7 Å². The van der Waals surface area contributed by atoms with Gasteiger partial charge in [0.05, 0.1) is 0 Å². The Balaban J connectivity index is 2.71. The van der Waals surface area contributed by atoms with Gasteiger partial charge in [-0.2, -0.15) is 0 Å². The molecular weight excluding hydrogens is 192 g/mol. The standard InChI is InChI=1S/C16H22/c1-13(2)10-16(11-14(3)4)12-15-8-6-5-7-9-15/h5-9,11,16H,1,10,12H2,2-4H3. The molecule has 16 heavy (non-hydrogen) atoms. The van der Waals surface area contributed by atoms with E-state index in [1.807, 2.05) is 0 Å². The Morgan fingerprint density at radius 2 is 1.81 bits per heavy atom. The summed E-state index contributed by atoms with van der Waals surface area (Å²) in [6.45, 7) is 10.4. The van der Waals surface area contributed by atoms with Crippen LogP contribution in [0.1, 0.15) is 32.8 Å². The summed E-state index contributed by atoms with van der Waals surface area (Å²) >= 11 is 0. The van der Waals surface area contributed by atoms with Crippen molar-refractivity contribution in [2.45, 2.75) is 33.6 Å². The van der Waals surface area contributed by atoms with Crippen molar-refractivity contribution in [1.82, 2.24) is 0 Å². The lowest BCUT2D eigenvalue weighted by molar-refractivity contribution is 0.636. The first kappa shape index (κ1) is 12.8. The average molecular weight is 214 g/mol. The maximum absolute atomic E-state index is 4.01. The molecule has 0 aliphatic carbocycles. The van der Waals surface area contributed by atoms with Gasteiger partial charge in [0.25, 0.3) is 0 Å². The lowest BCUT2D eigenvalue weighted by atomic mass is 9.92. The Bertz CT molecular complexity index is 353. The van der Waals surface area contributed by atoms with E-state index in [4.69, 9.17) is 0 Å². The monoisotopic (exact) mass is 214 g/mol. The van der Waals surface area contributed by atoms with Crippen LogP contribution >= 0.6 is 0 Å². The highest BCUT2D eigenvalue weighted by atomic mass is 14.1. The minimum atomic E-state index is 0.588. The molecule has 0 saturated heterocycles. The van der Waals surface area contributed by atoms with E-state index in [1.54, 1.807) is 0 Å². The van der Waals surface area contributed by atoms with Gasteiger partial charge < -0.3 is 0 Å². The molecule has 0 heterocycles. The van der Waals surface area contributed by atoms with Gasteiger partial charge in [0, 0.05) is 0 Å². The Kier molecular flexibility index (Phi) is 5.04. The van der Waals surface area contributed by atoms with Crippen molar-refractivity contribution in [3.8, 4) is 0 Å². The third-order valence-corrected chi connectivity index (χ3v) is 2.52. The molecule has 0 bridgehead atoms. The highest BCUT2D eigenvalue weighted by molar-refractivity contribution is 5.17. The summed E-state index contributed by atoms with van der Waals surface area (Å²) in [4.78, 5) is 0. The maximum atomic E-state index is 4.01. The van der Waals surface area contributed by atoms with Crippen LogP contribution in [0.25, 0.3) is 0 Å². The highest BCUT2D eigenvalue weighted by Crippen LogP contribution is 2.19. The van der Waals surface area contributed by atoms with Crippen LogP contribution < -0.4 is 0 Å². The van der Waals surface area contributed by atoms with Crippen LogP contribution in [0.2, 0.25) is 0 Å². The fourth-order valence-electron chi connectivity index (χ4n) is 2.03. The lowest BCUT2D eigenvalue weighted by Gasteiger charge is -2.13. The molecule has 0 amide bonds. The second-order valence-electron chi connectivity index (χ2n) is 4.86. The van der Waals surface area contributed by atoms with E-state index in [9.17, 15) is 0 Å². The van der Waals surface area contributed by atoms with Crippen molar-refractivity contribution in [1.29, 1.82) is 0 Å². The number of benzene rings is 1. The third kappa shape index (κ3) is 4.97. The lowest BCUT2D eigenvalue weighted by Crippen LogP contribution is -2.02. The van der Waals surface area contributed by atoms with E-state index in [2.05, 4.69) is 63.8 Å². The summed E-state index contributed by atoms with van der Waals surface area (Å²) in [5, 5.41) is 0. The zero-order valence-corrected chi connectivity index (χ0v) is 10.7. The molecule has 1 aromatic rings. The summed E-state index contributed by atoms with van der Waals surface area (Å²) in [5.74, 6) is 0.588. The van der Waals surface area contributed by atoms with Crippen LogP contribution in [0, 0.1) is 5.92 Å². The first-order valence-corrected chi connectivity index (χ1v) is 5.91. The largest absolute Gasteiger partial charge is 0.100 e. The maximum Gasteiger partial charge on any atom is -0.0154 e. The molecule has 1 unspecified atom stereocenters. The van der Waals surface area contributed by atoms with Crippen molar-refractivity contribution < 1.29 is 0 Å². The fourth-order valence-corrected chi connectivity index (χ4v) is 2.03. The molecule has 86 valence electrons. The summed E-state index contributed by atoms with van der Waals surface area (Å²) in [5.41, 5.74) is 4.06. The van der Waals surface area contributed by atoms with Crippen molar-refractivity contribution in [3.63, 3.8) is 0 Å². The summed E-state index contributed by atoms with van der Waals surface area (Å²) in [6.07, 6.45) is 4.56. The van der Waals surface area contributed by atoms with Gasteiger partial charge in [-0.05, 0) is 45.1 Å². The predicted octanol–water partition coefficient (Wildman–Crippen LogP) is 4.78. The molecule has 0 aliphatic rings. The third-order valence-electron chi connectivity index (χ3n) is 2.52. The summed E-state index contributed by atoms with van der Waals surface area (Å²) in [7, 11) is 0. The Morgan fingerprint density at radius 1 is 1.19 bits per heavy atom. The SMILES string of the molecule is C=C(C)CC(C=C(C)C)Cc1ccccc1. The molecule has 0 aromatic heterocycles. The molecule has 0 nitrogen and oxygen atoms in total. The van der Waals surface area contributed by atoms with E-state index >= 15 is 0 Å². The van der Waals surface area contributed by atoms with E-state index in [1.165, 1.54) is 16.7 Å². The van der Waals surface area contributed by atoms with Crippen LogP contribution in [0.15, 0.2) is 54.1 Å². The van der Waals surface area contributed by atoms with Gasteiger partial charge in [-0.1, -0.05) is 47.6 Å². The summed E-state index contributed by atoms with van der Waals surface area (Å²) < 4.78 is 0. The Morgan fingerprint density at radius 3 is 2.31 bits per heavy atom. The Hall–Kier alpha value is -1.30. The molecule has 1 rings (SSSR count). The first-order valence-electron chi connectivity index (χ1n) is 5.91. The molecule has 1 aromatic carbocycles. The zero-order valence-electron chi connectivity index (χ0n) is 10.7. The second-order valence-corrected chi connectivity index (χ2v) is 4.86. The van der Waals surface area contributed by atoms with E-state index in [0.717, 1.165) is 12.8 Å². The molecule has 0 aliphatic heterocycles. The van der Waals surface area contributed by atoms with Gasteiger partial charge >= 0.3 is 0 Å². The smallest absolute Gasteiger partial charge is 0.0154 e. The van der Waals surface area contributed by atoms with Gasteiger partial charge in [-0.3, -0.25) is 0 Å². The van der Waals surface area contributed by atoms with E-state index in [0.29, 0.717) is 5.92 Å². The van der Waals surface area contributed by atoms with Gasteiger partial charge in [-0.25, -0.2) is 0 Å². The van der Waals surface area contributed by atoms with Crippen LogP contribution in [0.4, 0.5) is 0 Å². The summed E-state index contributed by atoms with van der Waals surface area (Å²) in [6, 6.07) is 10.7. The van der Waals surface area contributed by atoms with Crippen LogP contribution in [0.3, 0.4) is 0 Å². The predicted molar refractivity (Wildman–Crippen MR) is 72.5 cm³/mol. The fraction of sp³-hybridized carbons (Fsp3) is 0.375. The van der Waals surface area contributed by atoms with Crippen LogP contribution in [-0.2, 0) is 6.42 Å². The first-order chi connectivity index (χ1) is 7.58. The van der Waals surface area contributed by atoms with Gasteiger partial charge in [0.15, 0.2) is 0 Å². The number of hydrogen-bond acceptors (Lipinski definition) is 0. The quantitative estimate of drug-likeness (QED) is 0.619. The topological polar surface area (TPSA) is 0 Å². The second kappa shape index (κ2) is 6.32. The van der Waals surface area contributed by atoms with E-state index in [-0.39, 0.29) is 0 Å². The minimum Gasteiger partial charge on any atom is -0.100 e. The minimum absolute atomic E-state index is 0.588. The average Bonchev–Trinajstić information content (AvgIpc) is 2.16. The van der Waals surface area contributed by atoms with Crippen molar-refractivity contribution in [2.75, 3.05) is 0 Å².